The van der Waals surface area contributed by atoms with Crippen LogP contribution in [0.25, 0.3) is 0 Å². The van der Waals surface area contributed by atoms with E-state index < -0.39 is 21.9 Å². The molecule has 0 spiro atoms. The molecule has 0 aliphatic heterocycles. The number of quaternary nitrogens is 1. The Kier molecular flexibility index (Phi) is 32.5. The van der Waals surface area contributed by atoms with Crippen molar-refractivity contribution in [2.45, 2.75) is 192 Å². The van der Waals surface area contributed by atoms with Crippen molar-refractivity contribution < 1.29 is 32.3 Å². The molecule has 0 aliphatic carbocycles. The van der Waals surface area contributed by atoms with Gasteiger partial charge in [0.1, 0.15) is 18.4 Å². The van der Waals surface area contributed by atoms with Crippen LogP contribution in [-0.4, -0.2) is 65.2 Å². The predicted octanol–water partition coefficient (Wildman–Crippen LogP) is 12.5. The number of allylic oxidation sites excluding steroid dienone is 8. The number of carbonyl (C=O) groups is 1. The van der Waals surface area contributed by atoms with Crippen LogP contribution < -0.4 is 9.84 Å². The molecule has 336 valence electrons. The van der Waals surface area contributed by atoms with Gasteiger partial charge in [0.15, 0.2) is 6.61 Å². The molecule has 1 rings (SSSR count). The lowest BCUT2D eigenvalue weighted by atomic mass is 10.0. The third kappa shape index (κ3) is 33.3. The molecule has 0 amide bonds. The summed E-state index contributed by atoms with van der Waals surface area (Å²) in [5, 5.41) is 12.1. The normalized spacial score (nSPS) is 12.9. The van der Waals surface area contributed by atoms with E-state index in [1.165, 1.54) is 127 Å². The molecule has 0 bridgehead atoms. The zero-order valence-corrected chi connectivity index (χ0v) is 38.9. The molecule has 0 unspecified atom stereocenters. The zero-order chi connectivity index (χ0) is 43.3. The number of carbonyl (C=O) groups excluding carboxylic acids is 1. The number of nitrogens with zero attached hydrogens (tertiary/aromatic N) is 2. The van der Waals surface area contributed by atoms with Gasteiger partial charge in [-0.3, -0.25) is 0 Å². The Morgan fingerprint density at radius 1 is 0.627 bits per heavy atom. The lowest BCUT2D eigenvalue weighted by Gasteiger charge is -2.26. The number of sulfonamides is 1. The van der Waals surface area contributed by atoms with Crippen LogP contribution in [0.3, 0.4) is 0 Å². The second-order valence-electron chi connectivity index (χ2n) is 17.0. The van der Waals surface area contributed by atoms with Crippen LogP contribution in [-0.2, 0) is 19.6 Å². The first kappa shape index (κ1) is 53.8. The van der Waals surface area contributed by atoms with Crippen molar-refractivity contribution >= 4 is 21.9 Å². The van der Waals surface area contributed by atoms with E-state index in [9.17, 15) is 18.3 Å². The van der Waals surface area contributed by atoms with Crippen LogP contribution in [0.4, 0.5) is 0 Å². The summed E-state index contributed by atoms with van der Waals surface area (Å²) in [7, 11) is 1.22. The largest absolute Gasteiger partial charge is 0.857 e. The average Bonchev–Trinajstić information content (AvgIpc) is 3.18. The minimum absolute atomic E-state index is 0.0324. The van der Waals surface area contributed by atoms with Gasteiger partial charge in [0.25, 0.3) is 10.0 Å². The summed E-state index contributed by atoms with van der Waals surface area (Å²) >= 11 is 0. The fourth-order valence-electron chi connectivity index (χ4n) is 6.67. The molecule has 0 saturated heterocycles. The van der Waals surface area contributed by atoms with Crippen molar-refractivity contribution in [3.8, 4) is 5.75 Å². The Balaban J connectivity index is 2.49. The van der Waals surface area contributed by atoms with E-state index in [-0.39, 0.29) is 28.6 Å². The number of ether oxygens (including phenoxy) is 2. The van der Waals surface area contributed by atoms with Crippen LogP contribution >= 0.6 is 0 Å². The molecule has 0 aliphatic rings. The highest BCUT2D eigenvalue weighted by atomic mass is 32.2. The van der Waals surface area contributed by atoms with Gasteiger partial charge >= 0.3 is 5.97 Å². The number of benzene rings is 1. The molecule has 0 fully saturated rings. The predicted molar refractivity (Wildman–Crippen MR) is 247 cm³/mol. The smallest absolute Gasteiger partial charge is 0.344 e. The zero-order valence-electron chi connectivity index (χ0n) is 38.1. The molecule has 0 N–H and O–H groups in total. The first-order chi connectivity index (χ1) is 28.5. The van der Waals surface area contributed by atoms with Crippen LogP contribution in [0, 0.1) is 0 Å². The number of rotatable bonds is 38. The van der Waals surface area contributed by atoms with Crippen LogP contribution in [0.2, 0.25) is 0 Å². The van der Waals surface area contributed by atoms with Crippen molar-refractivity contribution in [1.29, 1.82) is 0 Å². The van der Waals surface area contributed by atoms with Gasteiger partial charge in [0, 0.05) is 5.90 Å². The summed E-state index contributed by atoms with van der Waals surface area (Å²) < 4.78 is 40.6. The monoisotopic (exact) mass is 841 g/mol. The minimum Gasteiger partial charge on any atom is -0.857 e. The highest BCUT2D eigenvalue weighted by molar-refractivity contribution is 7.90. The molecule has 0 aromatic heterocycles. The van der Waals surface area contributed by atoms with Gasteiger partial charge in [0.2, 0.25) is 0 Å². The quantitative estimate of drug-likeness (QED) is 0.0164. The molecular weight excluding hydrogens is 757 g/mol. The summed E-state index contributed by atoms with van der Waals surface area (Å²) in [4.78, 5) is 12.8. The van der Waals surface area contributed by atoms with Crippen molar-refractivity contribution in [3.63, 3.8) is 0 Å². The average molecular weight is 841 g/mol. The van der Waals surface area contributed by atoms with Crippen molar-refractivity contribution in [2.75, 3.05) is 34.3 Å². The Labute approximate surface area is 362 Å². The Morgan fingerprint density at radius 2 is 1.03 bits per heavy atom. The van der Waals surface area contributed by atoms with Crippen LogP contribution in [0.5, 0.6) is 5.75 Å². The molecule has 0 atom stereocenters. The fourth-order valence-corrected chi connectivity index (χ4v) is 7.59. The van der Waals surface area contributed by atoms with Crippen molar-refractivity contribution in [2.24, 2.45) is 4.40 Å². The van der Waals surface area contributed by atoms with Gasteiger partial charge in [0.05, 0.1) is 26.0 Å². The van der Waals surface area contributed by atoms with Gasteiger partial charge in [-0.1, -0.05) is 140 Å². The Bertz CT molecular complexity index is 1390. The molecule has 0 saturated carbocycles. The molecular formula is C50H84N2O6S. The van der Waals surface area contributed by atoms with E-state index in [4.69, 9.17) is 9.47 Å². The Morgan fingerprint density at radius 3 is 1.46 bits per heavy atom. The van der Waals surface area contributed by atoms with Gasteiger partial charge < -0.3 is 19.1 Å². The fraction of sp³-hybridized carbons (Fsp3) is 0.680. The summed E-state index contributed by atoms with van der Waals surface area (Å²) in [5.41, 5.74) is 0. The Hall–Kier alpha value is -3.17. The minimum atomic E-state index is -4.14. The topological polar surface area (TPSA) is 105 Å². The molecule has 1 aromatic rings. The maximum Gasteiger partial charge on any atom is 0.344 e. The van der Waals surface area contributed by atoms with Crippen molar-refractivity contribution in [1.82, 2.24) is 0 Å². The van der Waals surface area contributed by atoms with E-state index in [2.05, 4.69) is 66.9 Å². The molecule has 8 nitrogen and oxygen atoms in total. The maximum atomic E-state index is 12.9. The van der Waals surface area contributed by atoms with Gasteiger partial charge in [-0.2, -0.15) is 12.8 Å². The number of unbranched alkanes of at least 4 members (excludes halogenated alkanes) is 18. The summed E-state index contributed by atoms with van der Waals surface area (Å²) in [6, 6.07) is 5.59. The van der Waals surface area contributed by atoms with Gasteiger partial charge in [-0.05, 0) is 114 Å². The molecule has 0 heterocycles. The molecule has 9 heteroatoms. The van der Waals surface area contributed by atoms with Gasteiger partial charge in [-0.15, -0.1) is 0 Å². The van der Waals surface area contributed by atoms with Crippen LogP contribution in [0.15, 0.2) is 82.2 Å². The second kappa shape index (κ2) is 35.6. The van der Waals surface area contributed by atoms with Crippen LogP contribution in [0.1, 0.15) is 181 Å². The molecule has 1 aromatic carbocycles. The number of likely N-dealkylation sites (N-methyl/N-ethyl adjacent to an activating group) is 1. The van der Waals surface area contributed by atoms with Crippen molar-refractivity contribution in [3.05, 3.63) is 72.9 Å². The first-order valence-electron chi connectivity index (χ1n) is 23.3. The highest BCUT2D eigenvalue weighted by Gasteiger charge is 2.17. The maximum absolute atomic E-state index is 12.9. The lowest BCUT2D eigenvalue weighted by Crippen LogP contribution is -2.44. The number of esters is 1. The highest BCUT2D eigenvalue weighted by Crippen LogP contribution is 2.20. The lowest BCUT2D eigenvalue weighted by molar-refractivity contribution is -0.863. The van der Waals surface area contributed by atoms with Gasteiger partial charge in [-0.25, -0.2) is 4.79 Å². The number of hydrogen-bond donors (Lipinski definition) is 0. The number of hydrogen-bond acceptors (Lipinski definition) is 6. The van der Waals surface area contributed by atoms with E-state index in [0.29, 0.717) is 5.75 Å². The standard InChI is InChI=1S/C50H84N2O6S/c1-6-8-10-12-14-16-18-20-22-24-26-28-30-32-34-36-38-47(39-37-35-33-31-29-27-25-23-21-19-17-15-13-11-9-7-2)58-50(54)45-57-46-40-42-48(43-41-46)59(55,56)51-49(53)44-52(3,4)5/h14-17,20-23,40-43,47H,6-13,18-19,24-39,44-45H2,1-5H3/b16-14-,17-15-,22-20-,23-21-. The SMILES string of the molecule is CCCCC/C=C\C/C=C\CCCCCCCCC(CCCCCCCC/C=C\C/C=C\CCCCC)OC(=O)COc1ccc(S(=O)(=O)/N=C(\[O-])C[N+](C)(C)C)cc1. The van der Waals surface area contributed by atoms with E-state index in [1.807, 2.05) is 0 Å². The third-order valence-corrected chi connectivity index (χ3v) is 11.4. The first-order valence-corrected chi connectivity index (χ1v) is 24.7. The summed E-state index contributed by atoms with van der Waals surface area (Å²) in [5.74, 6) is -0.793. The van der Waals surface area contributed by atoms with E-state index in [1.54, 1.807) is 21.1 Å². The third-order valence-electron chi connectivity index (χ3n) is 10.1. The summed E-state index contributed by atoms with van der Waals surface area (Å²) in [6.45, 7) is 4.19. The van der Waals surface area contributed by atoms with E-state index in [0.717, 1.165) is 64.2 Å². The second-order valence-corrected chi connectivity index (χ2v) is 18.6. The van der Waals surface area contributed by atoms with E-state index >= 15 is 0 Å². The molecule has 0 radical (unpaired) electrons. The summed E-state index contributed by atoms with van der Waals surface area (Å²) in [6.07, 6.45) is 48.7. The molecule has 59 heavy (non-hydrogen) atoms.